The summed E-state index contributed by atoms with van der Waals surface area (Å²) in [5.41, 5.74) is 0.902. The first-order valence-electron chi connectivity index (χ1n) is 7.75. The van der Waals surface area contributed by atoms with Gasteiger partial charge in [0.15, 0.2) is 0 Å². The van der Waals surface area contributed by atoms with E-state index in [2.05, 4.69) is 5.92 Å². The van der Waals surface area contributed by atoms with Crippen molar-refractivity contribution in [3.05, 3.63) is 77.9 Å². The molecule has 3 aromatic rings. The summed E-state index contributed by atoms with van der Waals surface area (Å²) in [5, 5.41) is 2.10. The summed E-state index contributed by atoms with van der Waals surface area (Å²) in [6.45, 7) is 0. The van der Waals surface area contributed by atoms with Crippen molar-refractivity contribution in [2.24, 2.45) is 0 Å². The van der Waals surface area contributed by atoms with Crippen LogP contribution in [0.3, 0.4) is 0 Å². The van der Waals surface area contributed by atoms with E-state index in [1.54, 1.807) is 7.05 Å². The van der Waals surface area contributed by atoms with Crippen LogP contribution in [0.2, 0.25) is 0 Å². The monoisotopic (exact) mass is 339 g/mol. The molecule has 1 nitrogen and oxygen atoms in total. The summed E-state index contributed by atoms with van der Waals surface area (Å²) in [6, 6.07) is 18.4. The number of alkyl halides is 3. The molecule has 1 atom stereocenters. The third-order valence-electron chi connectivity index (χ3n) is 4.27. The van der Waals surface area contributed by atoms with E-state index in [-0.39, 0.29) is 6.04 Å². The Morgan fingerprint density at radius 2 is 1.56 bits per heavy atom. The Bertz CT molecular complexity index is 915. The molecule has 126 valence electrons. The molecule has 0 N–H and O–H groups in total. The number of nitrogens with zero attached hydrogens (tertiary/aromatic N) is 1. The Balaban J connectivity index is 1.99. The van der Waals surface area contributed by atoms with Crippen molar-refractivity contribution in [3.63, 3.8) is 0 Å². The van der Waals surface area contributed by atoms with E-state index >= 15 is 0 Å². The average Bonchev–Trinajstić information content (AvgIpc) is 2.62. The Kier molecular flexibility index (Phi) is 4.41. The highest BCUT2D eigenvalue weighted by Gasteiger charge is 2.30. The predicted octanol–water partition coefficient (Wildman–Crippen LogP) is 5.67. The van der Waals surface area contributed by atoms with Gasteiger partial charge in [-0.25, -0.2) is 0 Å². The van der Waals surface area contributed by atoms with Crippen LogP contribution in [0.1, 0.15) is 17.2 Å². The quantitative estimate of drug-likeness (QED) is 0.556. The first-order valence-corrected chi connectivity index (χ1v) is 7.75. The van der Waals surface area contributed by atoms with E-state index in [1.165, 1.54) is 12.1 Å². The Hall–Kier alpha value is -2.93. The predicted molar refractivity (Wildman–Crippen MR) is 95.4 cm³/mol. The Labute approximate surface area is 144 Å². The van der Waals surface area contributed by atoms with Gasteiger partial charge in [0.1, 0.15) is 6.04 Å². The van der Waals surface area contributed by atoms with Crippen molar-refractivity contribution in [2.45, 2.75) is 12.2 Å². The number of halogens is 3. The van der Waals surface area contributed by atoms with Crippen LogP contribution >= 0.6 is 0 Å². The van der Waals surface area contributed by atoms with Crippen LogP contribution < -0.4 is 4.90 Å². The van der Waals surface area contributed by atoms with Gasteiger partial charge in [0.05, 0.1) is 5.56 Å². The lowest BCUT2D eigenvalue weighted by Gasteiger charge is -2.27. The largest absolute Gasteiger partial charge is 0.416 e. The fourth-order valence-electron chi connectivity index (χ4n) is 2.93. The van der Waals surface area contributed by atoms with Crippen LogP contribution in [-0.2, 0) is 6.18 Å². The van der Waals surface area contributed by atoms with Gasteiger partial charge in [0, 0.05) is 12.7 Å². The zero-order valence-electron chi connectivity index (χ0n) is 13.6. The second-order valence-corrected chi connectivity index (χ2v) is 5.79. The molecule has 0 amide bonds. The van der Waals surface area contributed by atoms with Crippen molar-refractivity contribution < 1.29 is 13.2 Å². The molecule has 0 saturated carbocycles. The number of hydrogen-bond acceptors (Lipinski definition) is 1. The van der Waals surface area contributed by atoms with E-state index < -0.39 is 11.7 Å². The van der Waals surface area contributed by atoms with Crippen LogP contribution in [0.25, 0.3) is 10.8 Å². The van der Waals surface area contributed by atoms with Crippen LogP contribution in [0.15, 0.2) is 66.7 Å². The third-order valence-corrected chi connectivity index (χ3v) is 4.27. The molecule has 0 aliphatic rings. The minimum atomic E-state index is -4.35. The molecule has 0 aliphatic carbocycles. The van der Waals surface area contributed by atoms with Gasteiger partial charge in [0.25, 0.3) is 0 Å². The molecule has 4 heteroatoms. The maximum absolute atomic E-state index is 12.7. The van der Waals surface area contributed by atoms with Gasteiger partial charge in [-0.3, -0.25) is 0 Å². The fraction of sp³-hybridized carbons (Fsp3) is 0.143. The first kappa shape index (κ1) is 16.9. The first-order chi connectivity index (χ1) is 11.9. The smallest absolute Gasteiger partial charge is 0.357 e. The molecule has 0 unspecified atom stereocenters. The minimum Gasteiger partial charge on any atom is -0.357 e. The molecule has 0 bridgehead atoms. The van der Waals surface area contributed by atoms with E-state index in [0.29, 0.717) is 5.69 Å². The van der Waals surface area contributed by atoms with Crippen molar-refractivity contribution in [1.29, 1.82) is 0 Å². The van der Waals surface area contributed by atoms with Gasteiger partial charge in [-0.05, 0) is 40.6 Å². The molecule has 0 heterocycles. The number of terminal acetylenes is 1. The lowest BCUT2D eigenvalue weighted by atomic mass is 9.98. The zero-order valence-corrected chi connectivity index (χ0v) is 13.6. The van der Waals surface area contributed by atoms with Gasteiger partial charge in [-0.1, -0.05) is 48.4 Å². The summed E-state index contributed by atoms with van der Waals surface area (Å²) < 4.78 is 38.2. The molecule has 0 spiro atoms. The summed E-state index contributed by atoms with van der Waals surface area (Å²) in [7, 11) is 1.79. The maximum Gasteiger partial charge on any atom is 0.416 e. The van der Waals surface area contributed by atoms with Crippen molar-refractivity contribution >= 4 is 16.5 Å². The fourth-order valence-corrected chi connectivity index (χ4v) is 2.93. The maximum atomic E-state index is 12.7. The molecule has 25 heavy (non-hydrogen) atoms. The van der Waals surface area contributed by atoms with Gasteiger partial charge in [0.2, 0.25) is 0 Å². The highest BCUT2D eigenvalue weighted by atomic mass is 19.4. The normalized spacial score (nSPS) is 12.6. The summed E-state index contributed by atoms with van der Waals surface area (Å²) in [5.74, 6) is 2.76. The van der Waals surface area contributed by atoms with Crippen LogP contribution in [-0.4, -0.2) is 7.05 Å². The van der Waals surface area contributed by atoms with E-state index in [4.69, 9.17) is 6.42 Å². The van der Waals surface area contributed by atoms with Crippen molar-refractivity contribution in [1.82, 2.24) is 0 Å². The molecule has 3 aromatic carbocycles. The van der Waals surface area contributed by atoms with Gasteiger partial charge < -0.3 is 4.90 Å². The molecule has 3 rings (SSSR count). The summed E-state index contributed by atoms with van der Waals surface area (Å²) in [6.07, 6.45) is 1.41. The third kappa shape index (κ3) is 3.32. The molecular weight excluding hydrogens is 323 g/mol. The Morgan fingerprint density at radius 3 is 2.20 bits per heavy atom. The van der Waals surface area contributed by atoms with Crippen LogP contribution in [0.4, 0.5) is 18.9 Å². The van der Waals surface area contributed by atoms with Crippen molar-refractivity contribution in [3.8, 4) is 12.3 Å². The second-order valence-electron chi connectivity index (χ2n) is 5.79. The molecule has 0 saturated heterocycles. The lowest BCUT2D eigenvalue weighted by Crippen LogP contribution is -2.23. The topological polar surface area (TPSA) is 3.24 Å². The van der Waals surface area contributed by atoms with Crippen molar-refractivity contribution in [2.75, 3.05) is 11.9 Å². The number of hydrogen-bond donors (Lipinski definition) is 0. The van der Waals surface area contributed by atoms with Crippen LogP contribution in [0.5, 0.6) is 0 Å². The van der Waals surface area contributed by atoms with E-state index in [1.807, 2.05) is 47.4 Å². The Morgan fingerprint density at radius 1 is 0.920 bits per heavy atom. The molecule has 0 aliphatic heterocycles. The number of benzene rings is 3. The number of rotatable bonds is 3. The highest BCUT2D eigenvalue weighted by Crippen LogP contribution is 2.33. The standard InChI is InChI=1S/C21H16F3N/c1-3-20(19-10-6-8-15-7-4-5-9-18(15)19)25(2)17-13-11-16(12-14-17)21(22,23)24/h1,4-14,20H,2H3/t20-/m1/s1. The van der Waals surface area contributed by atoms with E-state index in [0.717, 1.165) is 28.5 Å². The minimum absolute atomic E-state index is 0.386. The van der Waals surface area contributed by atoms with Gasteiger partial charge in [-0.2, -0.15) is 13.2 Å². The lowest BCUT2D eigenvalue weighted by molar-refractivity contribution is -0.137. The zero-order chi connectivity index (χ0) is 18.0. The molecular formula is C21H16F3N. The summed E-state index contributed by atoms with van der Waals surface area (Å²) in [4.78, 5) is 1.81. The molecule has 0 radical (unpaired) electrons. The SMILES string of the molecule is C#C[C@H](c1cccc2ccccc12)N(C)c1ccc(C(F)(F)F)cc1. The second kappa shape index (κ2) is 6.52. The van der Waals surface area contributed by atoms with Crippen LogP contribution in [0, 0.1) is 12.3 Å². The molecule has 0 aromatic heterocycles. The van der Waals surface area contributed by atoms with Gasteiger partial charge in [-0.15, -0.1) is 6.42 Å². The average molecular weight is 339 g/mol. The van der Waals surface area contributed by atoms with E-state index in [9.17, 15) is 13.2 Å². The number of anilines is 1. The highest BCUT2D eigenvalue weighted by molar-refractivity contribution is 5.87. The number of fused-ring (bicyclic) bond motifs is 1. The molecule has 0 fully saturated rings. The van der Waals surface area contributed by atoms with Gasteiger partial charge >= 0.3 is 6.18 Å². The summed E-state index contributed by atoms with van der Waals surface area (Å²) >= 11 is 0.